The molecule has 1 aliphatic rings. The van der Waals surface area contributed by atoms with E-state index in [1.165, 1.54) is 9.78 Å². The summed E-state index contributed by atoms with van der Waals surface area (Å²) in [4.78, 5) is 13.7. The summed E-state index contributed by atoms with van der Waals surface area (Å²) in [6.45, 7) is 4.75. The van der Waals surface area contributed by atoms with Gasteiger partial charge in [-0.05, 0) is 29.7 Å². The Hall–Kier alpha value is -2.10. The van der Waals surface area contributed by atoms with E-state index in [0.717, 1.165) is 55.8 Å². The van der Waals surface area contributed by atoms with E-state index < -0.39 is 0 Å². The van der Waals surface area contributed by atoms with Gasteiger partial charge in [-0.3, -0.25) is 0 Å². The molecule has 0 radical (unpaired) electrons. The molecule has 0 spiro atoms. The summed E-state index contributed by atoms with van der Waals surface area (Å²) in [5.74, 6) is 1.84. The average molecular weight is 389 g/mol. The Kier molecular flexibility index (Phi) is 5.09. The molecule has 26 heavy (non-hydrogen) atoms. The van der Waals surface area contributed by atoms with E-state index in [1.54, 1.807) is 23.7 Å². The monoisotopic (exact) mass is 388 g/mol. The third-order valence-electron chi connectivity index (χ3n) is 4.72. The highest BCUT2D eigenvalue weighted by molar-refractivity contribution is 7.71. The van der Waals surface area contributed by atoms with Gasteiger partial charge in [0.15, 0.2) is 6.67 Å². The van der Waals surface area contributed by atoms with Crippen molar-refractivity contribution in [2.75, 3.05) is 31.1 Å². The fourth-order valence-corrected chi connectivity index (χ4v) is 4.12. The van der Waals surface area contributed by atoms with Crippen molar-refractivity contribution in [3.8, 4) is 0 Å². The van der Waals surface area contributed by atoms with E-state index in [9.17, 15) is 0 Å². The van der Waals surface area contributed by atoms with E-state index in [0.29, 0.717) is 0 Å². The first kappa shape index (κ1) is 17.3. The van der Waals surface area contributed by atoms with Crippen molar-refractivity contribution in [1.29, 1.82) is 0 Å². The minimum atomic E-state index is 0.790. The van der Waals surface area contributed by atoms with E-state index in [4.69, 9.17) is 17.3 Å². The molecule has 9 heteroatoms. The van der Waals surface area contributed by atoms with Crippen LogP contribution < -0.4 is 9.80 Å². The fraction of sp³-hybridized carbons (Fsp3) is 0.412. The molecule has 0 aromatic carbocycles. The molecular weight excluding hydrogens is 366 g/mol. The number of quaternary nitrogens is 1. The first-order chi connectivity index (χ1) is 12.7. The summed E-state index contributed by atoms with van der Waals surface area (Å²) in [7, 11) is 2.01. The van der Waals surface area contributed by atoms with Gasteiger partial charge in [0.2, 0.25) is 10.7 Å². The van der Waals surface area contributed by atoms with Gasteiger partial charge in [0.25, 0.3) is 0 Å². The molecule has 0 amide bonds. The molecule has 4 heterocycles. The highest BCUT2D eigenvalue weighted by Gasteiger charge is 2.23. The number of hydrogen-bond donors (Lipinski definition) is 1. The Bertz CT molecular complexity index is 893. The Morgan fingerprint density at radius 2 is 1.96 bits per heavy atom. The number of rotatable bonds is 5. The number of hydrogen-bond acceptors (Lipinski definition) is 6. The van der Waals surface area contributed by atoms with Gasteiger partial charge in [0.1, 0.15) is 5.82 Å². The Morgan fingerprint density at radius 3 is 2.65 bits per heavy atom. The van der Waals surface area contributed by atoms with Gasteiger partial charge >= 0.3 is 0 Å². The Balaban J connectivity index is 1.40. The third-order valence-corrected chi connectivity index (χ3v) is 6.08. The fourth-order valence-electron chi connectivity index (χ4n) is 3.21. The van der Waals surface area contributed by atoms with Crippen LogP contribution in [0.4, 0.5) is 5.95 Å². The number of aromatic nitrogens is 5. The maximum atomic E-state index is 5.60. The molecule has 1 aliphatic heterocycles. The van der Waals surface area contributed by atoms with Gasteiger partial charge in [0, 0.05) is 30.7 Å². The van der Waals surface area contributed by atoms with Gasteiger partial charge in [-0.1, -0.05) is 6.07 Å². The summed E-state index contributed by atoms with van der Waals surface area (Å²) in [6, 6.07) is 6.07. The van der Waals surface area contributed by atoms with Gasteiger partial charge in [-0.25, -0.2) is 9.97 Å². The number of nitrogens with one attached hydrogen (secondary N) is 1. The molecule has 0 saturated carbocycles. The highest BCUT2D eigenvalue weighted by atomic mass is 32.1. The molecule has 136 valence electrons. The first-order valence-electron chi connectivity index (χ1n) is 8.71. The van der Waals surface area contributed by atoms with Crippen LogP contribution in [0.15, 0.2) is 36.0 Å². The van der Waals surface area contributed by atoms with Crippen LogP contribution in [-0.4, -0.2) is 50.5 Å². The predicted octanol–water partition coefficient (Wildman–Crippen LogP) is 0.756. The molecule has 1 N–H and O–H groups in total. The normalized spacial score (nSPS) is 15.5. The maximum absolute atomic E-state index is 5.60. The summed E-state index contributed by atoms with van der Waals surface area (Å²) in [6.07, 6.45) is 4.42. The molecule has 0 bridgehead atoms. The van der Waals surface area contributed by atoms with Crippen molar-refractivity contribution in [1.82, 2.24) is 24.3 Å². The number of thiophene rings is 1. The SMILES string of the molecule is Cn1c(Cc2cccs2)nn(C[NH+]2CCN(c3ncccn3)CC2)c1=S. The molecule has 0 aliphatic carbocycles. The topological polar surface area (TPSA) is 56.2 Å². The standard InChI is InChI=1S/C17H21N7S2/c1-21-15(12-14-4-2-11-26-14)20-24(17(21)25)13-22-7-9-23(10-8-22)16-18-5-3-6-19-16/h2-6,11H,7-10,12-13H2,1H3/p+1. The van der Waals surface area contributed by atoms with E-state index in [2.05, 4.69) is 32.4 Å². The molecule has 4 rings (SSSR count). The molecule has 3 aromatic rings. The van der Waals surface area contributed by atoms with Gasteiger partial charge < -0.3 is 14.4 Å². The van der Waals surface area contributed by atoms with Crippen LogP contribution in [0.1, 0.15) is 10.7 Å². The number of nitrogens with zero attached hydrogens (tertiary/aromatic N) is 6. The van der Waals surface area contributed by atoms with Crippen LogP contribution in [0.3, 0.4) is 0 Å². The number of anilines is 1. The maximum Gasteiger partial charge on any atom is 0.225 e. The van der Waals surface area contributed by atoms with Crippen molar-refractivity contribution >= 4 is 29.5 Å². The smallest absolute Gasteiger partial charge is 0.225 e. The molecule has 0 atom stereocenters. The molecule has 7 nitrogen and oxygen atoms in total. The quantitative estimate of drug-likeness (QED) is 0.654. The molecule has 0 unspecified atom stereocenters. The minimum absolute atomic E-state index is 0.790. The summed E-state index contributed by atoms with van der Waals surface area (Å²) in [5.41, 5.74) is 0. The van der Waals surface area contributed by atoms with Crippen molar-refractivity contribution in [2.45, 2.75) is 13.1 Å². The lowest BCUT2D eigenvalue weighted by Crippen LogP contribution is -3.14. The van der Waals surface area contributed by atoms with E-state index in [-0.39, 0.29) is 0 Å². The van der Waals surface area contributed by atoms with Gasteiger partial charge in [0.05, 0.1) is 26.2 Å². The lowest BCUT2D eigenvalue weighted by atomic mass is 10.3. The van der Waals surface area contributed by atoms with E-state index in [1.807, 2.05) is 22.4 Å². The predicted molar refractivity (Wildman–Crippen MR) is 104 cm³/mol. The van der Waals surface area contributed by atoms with Gasteiger partial charge in [-0.15, -0.1) is 11.3 Å². The lowest BCUT2D eigenvalue weighted by Gasteiger charge is -2.31. The van der Waals surface area contributed by atoms with Crippen molar-refractivity contribution < 1.29 is 4.90 Å². The van der Waals surface area contributed by atoms with Gasteiger partial charge in [-0.2, -0.15) is 9.78 Å². The molecule has 1 saturated heterocycles. The van der Waals surface area contributed by atoms with Crippen molar-refractivity contribution in [3.05, 3.63) is 51.4 Å². The zero-order valence-electron chi connectivity index (χ0n) is 14.7. The van der Waals surface area contributed by atoms with Crippen LogP contribution in [0.25, 0.3) is 0 Å². The minimum Gasteiger partial charge on any atom is -0.330 e. The second-order valence-corrected chi connectivity index (χ2v) is 7.85. The second kappa shape index (κ2) is 7.65. The molecular formula is C17H22N7S2+. The van der Waals surface area contributed by atoms with Crippen molar-refractivity contribution in [2.24, 2.45) is 7.05 Å². The molecule has 1 fully saturated rings. The highest BCUT2D eigenvalue weighted by Crippen LogP contribution is 2.13. The zero-order chi connectivity index (χ0) is 17.9. The summed E-state index contributed by atoms with van der Waals surface area (Å²) in [5, 5.41) is 6.88. The third kappa shape index (κ3) is 3.69. The van der Waals surface area contributed by atoms with Crippen LogP contribution in [-0.2, 0) is 20.1 Å². The zero-order valence-corrected chi connectivity index (χ0v) is 16.3. The summed E-state index contributed by atoms with van der Waals surface area (Å²) >= 11 is 7.36. The average Bonchev–Trinajstić information content (AvgIpc) is 3.28. The Morgan fingerprint density at radius 1 is 1.19 bits per heavy atom. The largest absolute Gasteiger partial charge is 0.330 e. The first-order valence-corrected chi connectivity index (χ1v) is 10.00. The van der Waals surface area contributed by atoms with Crippen LogP contribution in [0.5, 0.6) is 0 Å². The second-order valence-electron chi connectivity index (χ2n) is 6.46. The lowest BCUT2D eigenvalue weighted by molar-refractivity contribution is -0.924. The van der Waals surface area contributed by atoms with Crippen LogP contribution in [0, 0.1) is 4.77 Å². The van der Waals surface area contributed by atoms with E-state index >= 15 is 0 Å². The summed E-state index contributed by atoms with van der Waals surface area (Å²) < 4.78 is 4.79. The Labute approximate surface area is 161 Å². The van der Waals surface area contributed by atoms with Crippen molar-refractivity contribution in [3.63, 3.8) is 0 Å². The van der Waals surface area contributed by atoms with Crippen LogP contribution in [0.2, 0.25) is 0 Å². The molecule has 3 aromatic heterocycles. The van der Waals surface area contributed by atoms with Crippen LogP contribution >= 0.6 is 23.6 Å². The number of piperazine rings is 1.